The van der Waals surface area contributed by atoms with Crippen LogP contribution in [0.2, 0.25) is 0 Å². The van der Waals surface area contributed by atoms with E-state index in [0.29, 0.717) is 19.4 Å². The molecule has 7 heteroatoms. The summed E-state index contributed by atoms with van der Waals surface area (Å²) in [6.45, 7) is 5.52. The SMILES string of the molecule is CCCC(C)(NC(=O)NCc1cn[nH]c1C)C(=O)O. The van der Waals surface area contributed by atoms with Gasteiger partial charge in [-0.05, 0) is 20.3 Å². The molecule has 19 heavy (non-hydrogen) atoms. The zero-order valence-electron chi connectivity index (χ0n) is 11.4. The number of hydrogen-bond donors (Lipinski definition) is 4. The first-order valence-corrected chi connectivity index (χ1v) is 6.17. The minimum Gasteiger partial charge on any atom is -0.480 e. The molecule has 0 aromatic carbocycles. The number of carbonyl (C=O) groups excluding carboxylic acids is 1. The first-order chi connectivity index (χ1) is 8.89. The summed E-state index contributed by atoms with van der Waals surface area (Å²) in [5, 5.41) is 20.9. The predicted molar refractivity (Wildman–Crippen MR) is 69.6 cm³/mol. The number of rotatable bonds is 6. The zero-order chi connectivity index (χ0) is 14.5. The van der Waals surface area contributed by atoms with Gasteiger partial charge in [-0.25, -0.2) is 9.59 Å². The maximum atomic E-state index is 11.7. The van der Waals surface area contributed by atoms with Gasteiger partial charge < -0.3 is 15.7 Å². The lowest BCUT2D eigenvalue weighted by atomic mass is 9.97. The smallest absolute Gasteiger partial charge is 0.329 e. The number of aliphatic carboxylic acids is 1. The summed E-state index contributed by atoms with van der Waals surface area (Å²) in [5.41, 5.74) is 0.488. The number of carboxylic acid groups (broad SMARTS) is 1. The average molecular weight is 268 g/mol. The fourth-order valence-electron chi connectivity index (χ4n) is 1.75. The predicted octanol–water partition coefficient (Wildman–Crippen LogP) is 1.16. The second kappa shape index (κ2) is 6.21. The van der Waals surface area contributed by atoms with Crippen LogP contribution < -0.4 is 10.6 Å². The van der Waals surface area contributed by atoms with Crippen molar-refractivity contribution in [1.29, 1.82) is 0 Å². The molecule has 0 saturated heterocycles. The second-order valence-electron chi connectivity index (χ2n) is 4.72. The van der Waals surface area contributed by atoms with Crippen LogP contribution in [0, 0.1) is 6.92 Å². The van der Waals surface area contributed by atoms with Gasteiger partial charge in [-0.3, -0.25) is 5.10 Å². The van der Waals surface area contributed by atoms with E-state index in [1.807, 2.05) is 13.8 Å². The number of carbonyl (C=O) groups is 2. The molecule has 1 atom stereocenters. The van der Waals surface area contributed by atoms with Crippen molar-refractivity contribution in [3.05, 3.63) is 17.5 Å². The van der Waals surface area contributed by atoms with Crippen molar-refractivity contribution in [1.82, 2.24) is 20.8 Å². The topological polar surface area (TPSA) is 107 Å². The van der Waals surface area contributed by atoms with E-state index in [4.69, 9.17) is 5.11 Å². The highest BCUT2D eigenvalue weighted by Gasteiger charge is 2.33. The highest BCUT2D eigenvalue weighted by molar-refractivity contribution is 5.85. The molecule has 1 unspecified atom stereocenters. The number of urea groups is 1. The quantitative estimate of drug-likeness (QED) is 0.621. The van der Waals surface area contributed by atoms with Gasteiger partial charge in [0.2, 0.25) is 0 Å². The lowest BCUT2D eigenvalue weighted by molar-refractivity contribution is -0.144. The maximum Gasteiger partial charge on any atom is 0.329 e. The summed E-state index contributed by atoms with van der Waals surface area (Å²) < 4.78 is 0. The Hall–Kier alpha value is -2.05. The van der Waals surface area contributed by atoms with Crippen molar-refractivity contribution in [2.75, 3.05) is 0 Å². The molecule has 0 radical (unpaired) electrons. The number of hydrogen-bond acceptors (Lipinski definition) is 3. The third kappa shape index (κ3) is 3.97. The molecule has 0 bridgehead atoms. The molecule has 1 aromatic heterocycles. The van der Waals surface area contributed by atoms with E-state index in [1.54, 1.807) is 6.20 Å². The van der Waals surface area contributed by atoms with Gasteiger partial charge in [-0.2, -0.15) is 5.10 Å². The number of nitrogens with zero attached hydrogens (tertiary/aromatic N) is 1. The van der Waals surface area contributed by atoms with Crippen LogP contribution in [0.3, 0.4) is 0 Å². The summed E-state index contributed by atoms with van der Waals surface area (Å²) in [7, 11) is 0. The van der Waals surface area contributed by atoms with Gasteiger partial charge in [0.05, 0.1) is 6.20 Å². The van der Waals surface area contributed by atoms with Gasteiger partial charge in [0, 0.05) is 17.8 Å². The van der Waals surface area contributed by atoms with Crippen LogP contribution in [-0.2, 0) is 11.3 Å². The molecule has 0 aliphatic carbocycles. The first kappa shape index (κ1) is 15.0. The summed E-state index contributed by atoms with van der Waals surface area (Å²) in [6.07, 6.45) is 2.67. The van der Waals surface area contributed by atoms with Crippen molar-refractivity contribution < 1.29 is 14.7 Å². The van der Waals surface area contributed by atoms with Crippen LogP contribution in [0.15, 0.2) is 6.20 Å². The normalized spacial score (nSPS) is 13.6. The Morgan fingerprint density at radius 2 is 2.21 bits per heavy atom. The third-order valence-corrected chi connectivity index (χ3v) is 2.99. The van der Waals surface area contributed by atoms with Crippen LogP contribution in [0.4, 0.5) is 4.79 Å². The molecular weight excluding hydrogens is 248 g/mol. The van der Waals surface area contributed by atoms with E-state index in [2.05, 4.69) is 20.8 Å². The Balaban J connectivity index is 2.54. The summed E-state index contributed by atoms with van der Waals surface area (Å²) in [4.78, 5) is 22.9. The van der Waals surface area contributed by atoms with E-state index < -0.39 is 17.5 Å². The molecule has 106 valence electrons. The van der Waals surface area contributed by atoms with Crippen LogP contribution in [-0.4, -0.2) is 32.8 Å². The van der Waals surface area contributed by atoms with Crippen molar-refractivity contribution in [2.45, 2.75) is 45.7 Å². The molecule has 0 fully saturated rings. The maximum absolute atomic E-state index is 11.7. The lowest BCUT2D eigenvalue weighted by Crippen LogP contribution is -2.55. The molecular formula is C12H20N4O3. The minimum atomic E-state index is -1.25. The lowest BCUT2D eigenvalue weighted by Gasteiger charge is -2.25. The van der Waals surface area contributed by atoms with Gasteiger partial charge in [-0.15, -0.1) is 0 Å². The number of H-pyrrole nitrogens is 1. The van der Waals surface area contributed by atoms with Crippen molar-refractivity contribution in [2.24, 2.45) is 0 Å². The monoisotopic (exact) mass is 268 g/mol. The summed E-state index contributed by atoms with van der Waals surface area (Å²) in [6, 6.07) is -0.501. The van der Waals surface area contributed by atoms with E-state index >= 15 is 0 Å². The number of aromatic nitrogens is 2. The van der Waals surface area contributed by atoms with Crippen LogP contribution in [0.25, 0.3) is 0 Å². The van der Waals surface area contributed by atoms with Gasteiger partial charge in [0.15, 0.2) is 0 Å². The molecule has 0 spiro atoms. The molecule has 4 N–H and O–H groups in total. The molecule has 0 aliphatic rings. The van der Waals surface area contributed by atoms with Crippen molar-refractivity contribution >= 4 is 12.0 Å². The number of nitrogens with one attached hydrogen (secondary N) is 3. The Morgan fingerprint density at radius 1 is 1.53 bits per heavy atom. The number of aryl methyl sites for hydroxylation is 1. The largest absolute Gasteiger partial charge is 0.480 e. The average Bonchev–Trinajstić information content (AvgIpc) is 2.72. The minimum absolute atomic E-state index is 0.302. The fraction of sp³-hybridized carbons (Fsp3) is 0.583. The second-order valence-corrected chi connectivity index (χ2v) is 4.72. The van der Waals surface area contributed by atoms with E-state index in [-0.39, 0.29) is 0 Å². The third-order valence-electron chi connectivity index (χ3n) is 2.99. The Morgan fingerprint density at radius 3 is 2.68 bits per heavy atom. The molecule has 1 heterocycles. The summed E-state index contributed by atoms with van der Waals surface area (Å²) >= 11 is 0. The van der Waals surface area contributed by atoms with Gasteiger partial charge in [0.1, 0.15) is 5.54 Å². The molecule has 0 saturated carbocycles. The van der Waals surface area contributed by atoms with Crippen molar-refractivity contribution in [3.8, 4) is 0 Å². The van der Waals surface area contributed by atoms with Gasteiger partial charge in [0.25, 0.3) is 0 Å². The van der Waals surface area contributed by atoms with Crippen LogP contribution in [0.1, 0.15) is 37.9 Å². The molecule has 1 rings (SSSR count). The molecule has 2 amide bonds. The number of aromatic amines is 1. The highest BCUT2D eigenvalue weighted by Crippen LogP contribution is 2.12. The molecule has 7 nitrogen and oxygen atoms in total. The standard InChI is InChI=1S/C12H20N4O3/c1-4-5-12(3,10(17)18)15-11(19)13-6-9-7-14-16-8(9)2/h7H,4-6H2,1-3H3,(H,14,16)(H,17,18)(H2,13,15,19). The Bertz CT molecular complexity index is 458. The molecule has 0 aliphatic heterocycles. The number of amides is 2. The first-order valence-electron chi connectivity index (χ1n) is 6.17. The Labute approximate surface area is 111 Å². The van der Waals surface area contributed by atoms with Gasteiger partial charge >= 0.3 is 12.0 Å². The van der Waals surface area contributed by atoms with E-state index in [9.17, 15) is 9.59 Å². The van der Waals surface area contributed by atoms with Crippen molar-refractivity contribution in [3.63, 3.8) is 0 Å². The van der Waals surface area contributed by atoms with Crippen LogP contribution >= 0.6 is 0 Å². The summed E-state index contributed by atoms with van der Waals surface area (Å²) in [5.74, 6) is -1.04. The molecule has 1 aromatic rings. The fourth-order valence-corrected chi connectivity index (χ4v) is 1.75. The van der Waals surface area contributed by atoms with Crippen LogP contribution in [0.5, 0.6) is 0 Å². The van der Waals surface area contributed by atoms with E-state index in [0.717, 1.165) is 11.3 Å². The number of carboxylic acids is 1. The zero-order valence-corrected chi connectivity index (χ0v) is 11.4. The Kier molecular flexibility index (Phi) is 4.91. The highest BCUT2D eigenvalue weighted by atomic mass is 16.4. The van der Waals surface area contributed by atoms with E-state index in [1.165, 1.54) is 6.92 Å². The van der Waals surface area contributed by atoms with Gasteiger partial charge in [-0.1, -0.05) is 13.3 Å².